The summed E-state index contributed by atoms with van der Waals surface area (Å²) in [6, 6.07) is 9.35. The summed E-state index contributed by atoms with van der Waals surface area (Å²) < 4.78 is 5.10. The second kappa shape index (κ2) is 5.81. The van der Waals surface area contributed by atoms with Crippen molar-refractivity contribution in [3.8, 4) is 0 Å². The predicted molar refractivity (Wildman–Crippen MR) is 69.2 cm³/mol. The van der Waals surface area contributed by atoms with Gasteiger partial charge in [-0.25, -0.2) is 9.78 Å². The standard InChI is InChI=1S/C13H13N3O3/c14-12-10(7-15-13(18)16-12)6-11(17)19-8-9-4-2-1-3-5-9/h1-5,7H,6,8H2,(H3,14,15,16,18). The zero-order valence-electron chi connectivity index (χ0n) is 10.1. The highest BCUT2D eigenvalue weighted by atomic mass is 16.5. The van der Waals surface area contributed by atoms with Gasteiger partial charge in [-0.1, -0.05) is 30.3 Å². The summed E-state index contributed by atoms with van der Waals surface area (Å²) in [6.45, 7) is 0.205. The Morgan fingerprint density at radius 1 is 1.32 bits per heavy atom. The molecule has 0 amide bonds. The van der Waals surface area contributed by atoms with Gasteiger partial charge in [0, 0.05) is 11.8 Å². The molecule has 0 atom stereocenters. The van der Waals surface area contributed by atoms with Crippen molar-refractivity contribution < 1.29 is 9.53 Å². The summed E-state index contributed by atoms with van der Waals surface area (Å²) in [5.41, 5.74) is 6.38. The molecule has 0 radical (unpaired) electrons. The van der Waals surface area contributed by atoms with Crippen LogP contribution in [0.5, 0.6) is 0 Å². The number of ether oxygens (including phenoxy) is 1. The molecule has 6 nitrogen and oxygen atoms in total. The van der Waals surface area contributed by atoms with Crippen LogP contribution in [0.2, 0.25) is 0 Å². The van der Waals surface area contributed by atoms with Crippen molar-refractivity contribution in [3.63, 3.8) is 0 Å². The Bertz CT molecular complexity index is 623. The Kier molecular flexibility index (Phi) is 3.92. The van der Waals surface area contributed by atoms with Gasteiger partial charge in [-0.2, -0.15) is 0 Å². The Morgan fingerprint density at radius 2 is 2.05 bits per heavy atom. The highest BCUT2D eigenvalue weighted by molar-refractivity contribution is 5.74. The smallest absolute Gasteiger partial charge is 0.346 e. The first kappa shape index (κ1) is 12.8. The minimum Gasteiger partial charge on any atom is -0.461 e. The lowest BCUT2D eigenvalue weighted by molar-refractivity contribution is -0.144. The number of nitrogens with zero attached hydrogens (tertiary/aromatic N) is 1. The maximum absolute atomic E-state index is 11.6. The number of nitrogens with two attached hydrogens (primary N) is 1. The van der Waals surface area contributed by atoms with Crippen molar-refractivity contribution in [1.82, 2.24) is 9.97 Å². The van der Waals surface area contributed by atoms with Crippen LogP contribution in [0.25, 0.3) is 0 Å². The fourth-order valence-electron chi connectivity index (χ4n) is 1.52. The number of carbonyl (C=O) groups is 1. The van der Waals surface area contributed by atoms with E-state index in [2.05, 4.69) is 9.97 Å². The SMILES string of the molecule is Nc1[nH]c(=O)ncc1CC(=O)OCc1ccccc1. The van der Waals surface area contributed by atoms with E-state index < -0.39 is 11.7 Å². The maximum atomic E-state index is 11.6. The minimum atomic E-state index is -0.543. The highest BCUT2D eigenvalue weighted by Gasteiger charge is 2.09. The lowest BCUT2D eigenvalue weighted by atomic mass is 10.2. The number of carbonyl (C=O) groups excluding carboxylic acids is 1. The second-order valence-electron chi connectivity index (χ2n) is 3.95. The molecule has 3 N–H and O–H groups in total. The van der Waals surface area contributed by atoms with Crippen LogP contribution >= 0.6 is 0 Å². The van der Waals surface area contributed by atoms with Gasteiger partial charge in [0.15, 0.2) is 0 Å². The van der Waals surface area contributed by atoms with Crippen LogP contribution < -0.4 is 11.4 Å². The average Bonchev–Trinajstić information content (AvgIpc) is 2.41. The normalized spacial score (nSPS) is 10.1. The van der Waals surface area contributed by atoms with E-state index in [9.17, 15) is 9.59 Å². The molecule has 0 bridgehead atoms. The zero-order chi connectivity index (χ0) is 13.7. The molecule has 0 saturated heterocycles. The van der Waals surface area contributed by atoms with Crippen LogP contribution in [-0.4, -0.2) is 15.9 Å². The minimum absolute atomic E-state index is 0.0254. The van der Waals surface area contributed by atoms with Crippen molar-refractivity contribution in [2.24, 2.45) is 0 Å². The van der Waals surface area contributed by atoms with Gasteiger partial charge in [0.2, 0.25) is 0 Å². The molecule has 1 aromatic carbocycles. The first-order valence-electron chi connectivity index (χ1n) is 5.68. The molecule has 98 valence electrons. The summed E-state index contributed by atoms with van der Waals surface area (Å²) in [7, 11) is 0. The van der Waals surface area contributed by atoms with Crippen molar-refractivity contribution >= 4 is 11.8 Å². The Morgan fingerprint density at radius 3 is 2.74 bits per heavy atom. The predicted octanol–water partition coefficient (Wildman–Crippen LogP) is 0.638. The number of nitrogens with one attached hydrogen (secondary N) is 1. The fraction of sp³-hybridized carbons (Fsp3) is 0.154. The van der Waals surface area contributed by atoms with Gasteiger partial charge in [0.25, 0.3) is 0 Å². The van der Waals surface area contributed by atoms with Gasteiger partial charge in [0.1, 0.15) is 12.4 Å². The summed E-state index contributed by atoms with van der Waals surface area (Å²) in [5, 5.41) is 0. The topological polar surface area (TPSA) is 98.1 Å². The molecule has 0 aliphatic heterocycles. The van der Waals surface area contributed by atoms with E-state index in [0.717, 1.165) is 5.56 Å². The van der Waals surface area contributed by atoms with Crippen LogP contribution in [0.1, 0.15) is 11.1 Å². The van der Waals surface area contributed by atoms with Crippen LogP contribution in [-0.2, 0) is 22.6 Å². The summed E-state index contributed by atoms with van der Waals surface area (Å²) >= 11 is 0. The number of hydrogen-bond donors (Lipinski definition) is 2. The van der Waals surface area contributed by atoms with E-state index in [0.29, 0.717) is 5.56 Å². The molecule has 2 rings (SSSR count). The van der Waals surface area contributed by atoms with E-state index in [1.54, 1.807) is 0 Å². The van der Waals surface area contributed by atoms with Crippen LogP contribution in [0.4, 0.5) is 5.82 Å². The average molecular weight is 259 g/mol. The number of nitrogen functional groups attached to an aromatic ring is 1. The highest BCUT2D eigenvalue weighted by Crippen LogP contribution is 2.07. The van der Waals surface area contributed by atoms with Crippen LogP contribution in [0.15, 0.2) is 41.3 Å². The molecule has 0 saturated carbocycles. The van der Waals surface area contributed by atoms with Crippen molar-refractivity contribution in [3.05, 3.63) is 58.1 Å². The van der Waals surface area contributed by atoms with Gasteiger partial charge in [-0.15, -0.1) is 0 Å². The number of rotatable bonds is 4. The van der Waals surface area contributed by atoms with Gasteiger partial charge in [-0.05, 0) is 5.56 Å². The maximum Gasteiger partial charge on any atom is 0.346 e. The number of esters is 1. The molecular formula is C13H13N3O3. The molecule has 1 aromatic heterocycles. The monoisotopic (exact) mass is 259 g/mol. The first-order chi connectivity index (χ1) is 9.15. The third kappa shape index (κ3) is 3.67. The van der Waals surface area contributed by atoms with E-state index in [1.165, 1.54) is 6.20 Å². The van der Waals surface area contributed by atoms with Gasteiger partial charge < -0.3 is 10.5 Å². The molecule has 0 spiro atoms. The zero-order valence-corrected chi connectivity index (χ0v) is 10.1. The third-order valence-corrected chi connectivity index (χ3v) is 2.50. The van der Waals surface area contributed by atoms with E-state index >= 15 is 0 Å². The first-order valence-corrected chi connectivity index (χ1v) is 5.68. The third-order valence-electron chi connectivity index (χ3n) is 2.50. The number of aromatic amines is 1. The van der Waals surface area contributed by atoms with Crippen molar-refractivity contribution in [2.75, 3.05) is 5.73 Å². The fourth-order valence-corrected chi connectivity index (χ4v) is 1.52. The summed E-state index contributed by atoms with van der Waals surface area (Å²) in [6.07, 6.45) is 1.25. The van der Waals surface area contributed by atoms with Crippen molar-refractivity contribution in [1.29, 1.82) is 0 Å². The van der Waals surface area contributed by atoms with E-state index in [-0.39, 0.29) is 18.8 Å². The van der Waals surface area contributed by atoms with Gasteiger partial charge in [-0.3, -0.25) is 9.78 Å². The quantitative estimate of drug-likeness (QED) is 0.785. The number of aromatic nitrogens is 2. The van der Waals surface area contributed by atoms with Crippen molar-refractivity contribution in [2.45, 2.75) is 13.0 Å². The number of anilines is 1. The molecule has 1 heterocycles. The molecule has 6 heteroatoms. The molecule has 2 aromatic rings. The van der Waals surface area contributed by atoms with Crippen LogP contribution in [0.3, 0.4) is 0 Å². The van der Waals surface area contributed by atoms with Gasteiger partial charge >= 0.3 is 11.7 Å². The molecule has 19 heavy (non-hydrogen) atoms. The van der Waals surface area contributed by atoms with Crippen LogP contribution in [0, 0.1) is 0 Å². The molecule has 0 aliphatic carbocycles. The summed E-state index contributed by atoms with van der Waals surface area (Å²) in [4.78, 5) is 28.3. The van der Waals surface area contributed by atoms with E-state index in [1.807, 2.05) is 30.3 Å². The number of H-pyrrole nitrogens is 1. The lowest BCUT2D eigenvalue weighted by Gasteiger charge is -2.06. The molecule has 0 aliphatic rings. The molecular weight excluding hydrogens is 246 g/mol. The number of benzene rings is 1. The second-order valence-corrected chi connectivity index (χ2v) is 3.95. The molecule has 0 fully saturated rings. The Labute approximate surface area is 109 Å². The Balaban J connectivity index is 1.93. The van der Waals surface area contributed by atoms with E-state index in [4.69, 9.17) is 10.5 Å². The number of hydrogen-bond acceptors (Lipinski definition) is 5. The van der Waals surface area contributed by atoms with Gasteiger partial charge in [0.05, 0.1) is 6.42 Å². The molecule has 0 unspecified atom stereocenters. The summed E-state index contributed by atoms with van der Waals surface area (Å²) in [5.74, 6) is -0.291. The largest absolute Gasteiger partial charge is 0.461 e. The lowest BCUT2D eigenvalue weighted by Crippen LogP contribution is -2.16. The Hall–Kier alpha value is -2.63.